The van der Waals surface area contributed by atoms with Crippen LogP contribution in [0.15, 0.2) is 41.3 Å². The van der Waals surface area contributed by atoms with Crippen LogP contribution in [0.3, 0.4) is 0 Å². The molecule has 0 radical (unpaired) electrons. The van der Waals surface area contributed by atoms with Crippen molar-refractivity contribution in [3.63, 3.8) is 0 Å². The minimum atomic E-state index is -0.309. The number of nitrogens with one attached hydrogen (secondary N) is 1. The van der Waals surface area contributed by atoms with Gasteiger partial charge in [-0.1, -0.05) is 12.1 Å². The van der Waals surface area contributed by atoms with Crippen molar-refractivity contribution in [2.45, 2.75) is 5.88 Å². The smallest absolute Gasteiger partial charge is 0.252 e. The summed E-state index contributed by atoms with van der Waals surface area (Å²) in [6, 6.07) is 7.84. The van der Waals surface area contributed by atoms with Crippen molar-refractivity contribution in [3.8, 4) is 11.1 Å². The van der Waals surface area contributed by atoms with E-state index >= 15 is 0 Å². The maximum Gasteiger partial charge on any atom is 0.252 e. The van der Waals surface area contributed by atoms with E-state index in [4.69, 9.17) is 11.6 Å². The lowest BCUT2D eigenvalue weighted by molar-refractivity contribution is 0.628. The van der Waals surface area contributed by atoms with Crippen LogP contribution in [-0.2, 0) is 5.88 Å². The largest absolute Gasteiger partial charge is 0.328 e. The van der Waals surface area contributed by atoms with E-state index in [2.05, 4.69) is 4.98 Å². The van der Waals surface area contributed by atoms with Gasteiger partial charge in [-0.2, -0.15) is 0 Å². The molecule has 2 aromatic rings. The van der Waals surface area contributed by atoms with Crippen molar-refractivity contribution < 1.29 is 4.39 Å². The number of hydrogen-bond acceptors (Lipinski definition) is 1. The minimum Gasteiger partial charge on any atom is -0.328 e. The number of rotatable bonds is 2. The normalized spacial score (nSPS) is 10.4. The van der Waals surface area contributed by atoms with Crippen LogP contribution in [0, 0.1) is 5.82 Å². The number of aromatic nitrogens is 1. The van der Waals surface area contributed by atoms with Crippen LogP contribution in [0.5, 0.6) is 0 Å². The molecule has 2 nitrogen and oxygen atoms in total. The third-order valence-electron chi connectivity index (χ3n) is 2.28. The average molecular weight is 238 g/mol. The fraction of sp³-hybridized carbons (Fsp3) is 0.0833. The molecule has 0 fully saturated rings. The van der Waals surface area contributed by atoms with Crippen molar-refractivity contribution in [1.82, 2.24) is 4.98 Å². The number of pyridine rings is 1. The zero-order valence-corrected chi connectivity index (χ0v) is 9.09. The van der Waals surface area contributed by atoms with Crippen LogP contribution in [0.25, 0.3) is 11.1 Å². The Morgan fingerprint density at radius 3 is 2.75 bits per heavy atom. The molecule has 1 heterocycles. The Bertz CT molecular complexity index is 565. The lowest BCUT2D eigenvalue weighted by Gasteiger charge is -2.03. The molecular weight excluding hydrogens is 229 g/mol. The fourth-order valence-corrected chi connectivity index (χ4v) is 1.66. The molecule has 1 aromatic carbocycles. The van der Waals surface area contributed by atoms with Crippen molar-refractivity contribution in [3.05, 3.63) is 58.3 Å². The number of benzene rings is 1. The third kappa shape index (κ3) is 2.14. The lowest BCUT2D eigenvalue weighted by Crippen LogP contribution is -2.10. The zero-order valence-electron chi connectivity index (χ0n) is 8.34. The summed E-state index contributed by atoms with van der Waals surface area (Å²) in [5.41, 5.74) is 1.72. The van der Waals surface area contributed by atoms with Gasteiger partial charge < -0.3 is 4.98 Å². The quantitative estimate of drug-likeness (QED) is 0.801. The Morgan fingerprint density at radius 2 is 2.06 bits per heavy atom. The number of alkyl halides is 1. The molecule has 16 heavy (non-hydrogen) atoms. The Morgan fingerprint density at radius 1 is 1.25 bits per heavy atom. The molecule has 0 amide bonds. The van der Waals surface area contributed by atoms with Gasteiger partial charge in [0, 0.05) is 11.8 Å². The summed E-state index contributed by atoms with van der Waals surface area (Å²) in [6.45, 7) is 0. The molecular formula is C12H9ClFNO. The molecule has 1 N–H and O–H groups in total. The maximum absolute atomic E-state index is 13.0. The van der Waals surface area contributed by atoms with Crippen LogP contribution in [0.1, 0.15) is 5.56 Å². The summed E-state index contributed by atoms with van der Waals surface area (Å²) in [6.07, 6.45) is 1.55. The van der Waals surface area contributed by atoms with Crippen LogP contribution in [-0.4, -0.2) is 4.98 Å². The van der Waals surface area contributed by atoms with Crippen molar-refractivity contribution in [2.24, 2.45) is 0 Å². The van der Waals surface area contributed by atoms with E-state index in [9.17, 15) is 9.18 Å². The molecule has 0 spiro atoms. The third-order valence-corrected chi connectivity index (χ3v) is 2.57. The maximum atomic E-state index is 13.0. The highest BCUT2D eigenvalue weighted by molar-refractivity contribution is 6.17. The summed E-state index contributed by atoms with van der Waals surface area (Å²) < 4.78 is 13.0. The van der Waals surface area contributed by atoms with Crippen molar-refractivity contribution in [2.75, 3.05) is 0 Å². The summed E-state index contributed by atoms with van der Waals surface area (Å²) >= 11 is 5.63. The summed E-state index contributed by atoms with van der Waals surface area (Å²) in [4.78, 5) is 13.9. The van der Waals surface area contributed by atoms with Crippen LogP contribution in [0.4, 0.5) is 4.39 Å². The summed E-state index contributed by atoms with van der Waals surface area (Å²) in [7, 11) is 0. The summed E-state index contributed by atoms with van der Waals surface area (Å²) in [5, 5.41) is 0. The Kier molecular flexibility index (Phi) is 3.06. The molecule has 0 saturated heterocycles. The second kappa shape index (κ2) is 4.49. The highest BCUT2D eigenvalue weighted by atomic mass is 35.5. The molecule has 0 aliphatic rings. The van der Waals surface area contributed by atoms with Gasteiger partial charge in [0.1, 0.15) is 5.82 Å². The number of aromatic amines is 1. The molecule has 0 atom stereocenters. The zero-order chi connectivity index (χ0) is 11.5. The first-order valence-electron chi connectivity index (χ1n) is 4.74. The van der Waals surface area contributed by atoms with Gasteiger partial charge in [0.2, 0.25) is 0 Å². The molecule has 0 aliphatic heterocycles. The van der Waals surface area contributed by atoms with E-state index in [1.165, 1.54) is 12.1 Å². The van der Waals surface area contributed by atoms with Crippen LogP contribution < -0.4 is 5.56 Å². The standard InChI is InChI=1S/C12H9ClFNO/c13-6-9-4-10(7-15-12(9)16)8-2-1-3-11(14)5-8/h1-5,7H,6H2,(H,15,16). The van der Waals surface area contributed by atoms with Gasteiger partial charge >= 0.3 is 0 Å². The fourth-order valence-electron chi connectivity index (χ4n) is 1.46. The minimum absolute atomic E-state index is 0.137. The Balaban J connectivity index is 2.52. The Hall–Kier alpha value is -1.61. The van der Waals surface area contributed by atoms with Crippen molar-refractivity contribution >= 4 is 11.6 Å². The van der Waals surface area contributed by atoms with E-state index in [0.29, 0.717) is 11.1 Å². The summed E-state index contributed by atoms with van der Waals surface area (Å²) in [5.74, 6) is -0.172. The molecule has 4 heteroatoms. The molecule has 2 rings (SSSR count). The monoisotopic (exact) mass is 237 g/mol. The molecule has 0 unspecified atom stereocenters. The van der Waals surface area contributed by atoms with Crippen molar-refractivity contribution in [1.29, 1.82) is 0 Å². The van der Waals surface area contributed by atoms with E-state index in [0.717, 1.165) is 5.56 Å². The van der Waals surface area contributed by atoms with Gasteiger partial charge in [-0.05, 0) is 29.3 Å². The molecule has 0 aliphatic carbocycles. The number of halogens is 2. The topological polar surface area (TPSA) is 32.9 Å². The van der Waals surface area contributed by atoms with E-state index in [-0.39, 0.29) is 17.3 Å². The molecule has 0 bridgehead atoms. The predicted molar refractivity (Wildman–Crippen MR) is 62.0 cm³/mol. The van der Waals surface area contributed by atoms with Gasteiger partial charge in [-0.25, -0.2) is 4.39 Å². The first-order chi connectivity index (χ1) is 7.70. The van der Waals surface area contributed by atoms with Gasteiger partial charge in [0.05, 0.1) is 5.88 Å². The van der Waals surface area contributed by atoms with E-state index in [1.54, 1.807) is 24.4 Å². The van der Waals surface area contributed by atoms with Gasteiger partial charge in [-0.15, -0.1) is 11.6 Å². The lowest BCUT2D eigenvalue weighted by atomic mass is 10.1. The van der Waals surface area contributed by atoms with Gasteiger partial charge in [0.25, 0.3) is 5.56 Å². The predicted octanol–water partition coefficient (Wildman–Crippen LogP) is 2.92. The Labute approximate surface area is 96.7 Å². The van der Waals surface area contributed by atoms with Gasteiger partial charge in [0.15, 0.2) is 0 Å². The van der Waals surface area contributed by atoms with Gasteiger partial charge in [-0.3, -0.25) is 4.79 Å². The van der Waals surface area contributed by atoms with E-state index in [1.807, 2.05) is 0 Å². The second-order valence-electron chi connectivity index (χ2n) is 3.39. The van der Waals surface area contributed by atoms with Crippen LogP contribution in [0.2, 0.25) is 0 Å². The SMILES string of the molecule is O=c1[nH]cc(-c2cccc(F)c2)cc1CCl. The van der Waals surface area contributed by atoms with E-state index < -0.39 is 0 Å². The first-order valence-corrected chi connectivity index (χ1v) is 5.27. The average Bonchev–Trinajstić information content (AvgIpc) is 2.29. The molecule has 0 saturated carbocycles. The highest BCUT2D eigenvalue weighted by Gasteiger charge is 2.03. The highest BCUT2D eigenvalue weighted by Crippen LogP contribution is 2.19. The second-order valence-corrected chi connectivity index (χ2v) is 3.65. The number of hydrogen-bond donors (Lipinski definition) is 1. The molecule has 1 aromatic heterocycles. The van der Waals surface area contributed by atoms with Crippen LogP contribution >= 0.6 is 11.6 Å². The molecule has 82 valence electrons. The first kappa shape index (κ1) is 10.9. The number of H-pyrrole nitrogens is 1.